The number of hydrogen-bond donors (Lipinski definition) is 0. The van der Waals surface area contributed by atoms with E-state index in [1.807, 2.05) is 19.2 Å². The van der Waals surface area contributed by atoms with E-state index in [2.05, 4.69) is 16.8 Å². The molecule has 1 rings (SSSR count). The van der Waals surface area contributed by atoms with E-state index in [9.17, 15) is 0 Å². The number of methoxy groups -OCH3 is 1. The third-order valence-electron chi connectivity index (χ3n) is 2.41. The summed E-state index contributed by atoms with van der Waals surface area (Å²) in [7, 11) is 3.75. The average Bonchev–Trinajstić information content (AvgIpc) is 2.28. The molecule has 4 heteroatoms. The number of likely N-dealkylation sites (N-methyl/N-ethyl adjacent to an activating group) is 1. The number of alkyl halides is 1. The normalized spacial score (nSPS) is 12.5. The fourth-order valence-electron chi connectivity index (χ4n) is 1.37. The molecule has 0 bridgehead atoms. The van der Waals surface area contributed by atoms with Gasteiger partial charge in [0.15, 0.2) is 0 Å². The Labute approximate surface area is 96.0 Å². The fraction of sp³-hybridized carbons (Fsp3) is 0.545. The molecule has 1 aromatic heterocycles. The Morgan fingerprint density at radius 2 is 2.33 bits per heavy atom. The topological polar surface area (TPSA) is 25.4 Å². The molecule has 0 spiro atoms. The molecule has 0 saturated carbocycles. The van der Waals surface area contributed by atoms with Crippen LogP contribution in [0, 0.1) is 0 Å². The highest BCUT2D eigenvalue weighted by Crippen LogP contribution is 2.16. The molecule has 0 aromatic carbocycles. The number of pyridine rings is 1. The van der Waals surface area contributed by atoms with Crippen molar-refractivity contribution in [1.29, 1.82) is 0 Å². The van der Waals surface area contributed by atoms with Gasteiger partial charge in [-0.05, 0) is 19.1 Å². The van der Waals surface area contributed by atoms with Crippen molar-refractivity contribution in [2.45, 2.75) is 18.8 Å². The van der Waals surface area contributed by atoms with Gasteiger partial charge in [-0.1, -0.05) is 0 Å². The van der Waals surface area contributed by atoms with Crippen LogP contribution >= 0.6 is 11.6 Å². The highest BCUT2D eigenvalue weighted by molar-refractivity contribution is 6.16. The molecular weight excluding hydrogens is 212 g/mol. The average molecular weight is 229 g/mol. The lowest BCUT2D eigenvalue weighted by Gasteiger charge is -2.26. The number of rotatable bonds is 5. The first-order chi connectivity index (χ1) is 7.19. The van der Waals surface area contributed by atoms with Gasteiger partial charge in [0.2, 0.25) is 0 Å². The van der Waals surface area contributed by atoms with E-state index < -0.39 is 0 Å². The van der Waals surface area contributed by atoms with Gasteiger partial charge in [-0.25, -0.2) is 0 Å². The molecule has 0 amide bonds. The lowest BCUT2D eigenvalue weighted by molar-refractivity contribution is 0.183. The smallest absolute Gasteiger partial charge is 0.0663 e. The maximum absolute atomic E-state index is 5.74. The van der Waals surface area contributed by atoms with Crippen molar-refractivity contribution < 1.29 is 4.74 Å². The van der Waals surface area contributed by atoms with Gasteiger partial charge in [-0.3, -0.25) is 4.98 Å². The minimum atomic E-state index is 0.334. The Bertz CT molecular complexity index is 306. The molecule has 0 aliphatic rings. The standard InChI is InChI=1S/C11H17ClN2O/c1-9(8-15-3)14(2)11-4-5-13-10(6-11)7-12/h4-6,9H,7-8H2,1-3H3. The monoisotopic (exact) mass is 228 g/mol. The van der Waals surface area contributed by atoms with Gasteiger partial charge in [0.1, 0.15) is 0 Å². The Hall–Kier alpha value is -0.800. The number of ether oxygens (including phenoxy) is 1. The van der Waals surface area contributed by atoms with Crippen molar-refractivity contribution in [3.63, 3.8) is 0 Å². The van der Waals surface area contributed by atoms with Crippen molar-refractivity contribution in [2.75, 3.05) is 25.7 Å². The van der Waals surface area contributed by atoms with Gasteiger partial charge < -0.3 is 9.64 Å². The Kier molecular flexibility index (Phi) is 4.85. The summed E-state index contributed by atoms with van der Waals surface area (Å²) in [5.74, 6) is 0.445. The van der Waals surface area contributed by atoms with Crippen LogP contribution in [0.15, 0.2) is 18.3 Å². The van der Waals surface area contributed by atoms with Crippen molar-refractivity contribution in [3.8, 4) is 0 Å². The summed E-state index contributed by atoms with van der Waals surface area (Å²) in [6.07, 6.45) is 1.78. The van der Waals surface area contributed by atoms with Crippen LogP contribution in [0.3, 0.4) is 0 Å². The SMILES string of the molecule is COCC(C)N(C)c1ccnc(CCl)c1. The largest absolute Gasteiger partial charge is 0.383 e. The lowest BCUT2D eigenvalue weighted by Crippen LogP contribution is -2.32. The number of halogens is 1. The van der Waals surface area contributed by atoms with Crippen LogP contribution in [-0.4, -0.2) is 31.8 Å². The van der Waals surface area contributed by atoms with Crippen LogP contribution < -0.4 is 4.90 Å². The van der Waals surface area contributed by atoms with Crippen LogP contribution in [0.5, 0.6) is 0 Å². The molecule has 0 fully saturated rings. The quantitative estimate of drug-likeness (QED) is 0.724. The first kappa shape index (κ1) is 12.3. The molecule has 0 saturated heterocycles. The Morgan fingerprint density at radius 1 is 1.60 bits per heavy atom. The second-order valence-corrected chi connectivity index (χ2v) is 3.82. The Balaban J connectivity index is 2.76. The number of hydrogen-bond acceptors (Lipinski definition) is 3. The number of nitrogens with zero attached hydrogens (tertiary/aromatic N) is 2. The molecule has 15 heavy (non-hydrogen) atoms. The molecule has 84 valence electrons. The molecular formula is C11H17ClN2O. The van der Waals surface area contributed by atoms with Gasteiger partial charge in [-0.15, -0.1) is 11.6 Å². The number of aromatic nitrogens is 1. The molecule has 1 atom stereocenters. The van der Waals surface area contributed by atoms with E-state index in [4.69, 9.17) is 16.3 Å². The van der Waals surface area contributed by atoms with Crippen LogP contribution in [0.2, 0.25) is 0 Å². The maximum atomic E-state index is 5.74. The second-order valence-electron chi connectivity index (χ2n) is 3.55. The van der Waals surface area contributed by atoms with Gasteiger partial charge in [0, 0.05) is 32.1 Å². The minimum absolute atomic E-state index is 0.334. The predicted molar refractivity (Wildman–Crippen MR) is 63.5 cm³/mol. The van der Waals surface area contributed by atoms with E-state index in [1.165, 1.54) is 0 Å². The summed E-state index contributed by atoms with van der Waals surface area (Å²) in [5, 5.41) is 0. The van der Waals surface area contributed by atoms with Crippen LogP contribution in [0.4, 0.5) is 5.69 Å². The zero-order valence-corrected chi connectivity index (χ0v) is 10.2. The molecule has 0 radical (unpaired) electrons. The molecule has 3 nitrogen and oxygen atoms in total. The molecule has 1 unspecified atom stereocenters. The lowest BCUT2D eigenvalue weighted by atomic mass is 10.2. The summed E-state index contributed by atoms with van der Waals surface area (Å²) in [4.78, 5) is 6.31. The first-order valence-electron chi connectivity index (χ1n) is 4.91. The molecule has 0 N–H and O–H groups in total. The fourth-order valence-corrected chi connectivity index (χ4v) is 1.51. The van der Waals surface area contributed by atoms with E-state index in [-0.39, 0.29) is 0 Å². The van der Waals surface area contributed by atoms with Gasteiger partial charge in [0.05, 0.1) is 18.2 Å². The highest BCUT2D eigenvalue weighted by atomic mass is 35.5. The van der Waals surface area contributed by atoms with Crippen molar-refractivity contribution in [1.82, 2.24) is 4.98 Å². The zero-order valence-electron chi connectivity index (χ0n) is 9.40. The van der Waals surface area contributed by atoms with E-state index in [0.717, 1.165) is 11.4 Å². The second kappa shape index (κ2) is 5.93. The highest BCUT2D eigenvalue weighted by Gasteiger charge is 2.09. The van der Waals surface area contributed by atoms with Crippen LogP contribution in [0.25, 0.3) is 0 Å². The summed E-state index contributed by atoms with van der Waals surface area (Å²) in [6, 6.07) is 4.31. The van der Waals surface area contributed by atoms with Gasteiger partial charge in [0.25, 0.3) is 0 Å². The van der Waals surface area contributed by atoms with E-state index in [1.54, 1.807) is 13.3 Å². The Morgan fingerprint density at radius 3 is 2.93 bits per heavy atom. The van der Waals surface area contributed by atoms with Crippen LogP contribution in [0.1, 0.15) is 12.6 Å². The van der Waals surface area contributed by atoms with Crippen molar-refractivity contribution >= 4 is 17.3 Å². The molecule has 1 aromatic rings. The molecule has 0 aliphatic carbocycles. The first-order valence-corrected chi connectivity index (χ1v) is 5.45. The van der Waals surface area contributed by atoms with Gasteiger partial charge in [-0.2, -0.15) is 0 Å². The molecule has 1 heterocycles. The summed E-state index contributed by atoms with van der Waals surface area (Å²) >= 11 is 5.74. The van der Waals surface area contributed by atoms with Crippen LogP contribution in [-0.2, 0) is 10.6 Å². The summed E-state index contributed by atoms with van der Waals surface area (Å²) in [5.41, 5.74) is 2.01. The zero-order chi connectivity index (χ0) is 11.3. The van der Waals surface area contributed by atoms with E-state index >= 15 is 0 Å². The molecule has 0 aliphatic heterocycles. The third kappa shape index (κ3) is 3.36. The third-order valence-corrected chi connectivity index (χ3v) is 2.69. The van der Waals surface area contributed by atoms with Crippen molar-refractivity contribution in [3.05, 3.63) is 24.0 Å². The minimum Gasteiger partial charge on any atom is -0.383 e. The summed E-state index contributed by atoms with van der Waals surface area (Å²) < 4.78 is 5.12. The van der Waals surface area contributed by atoms with Crippen molar-refractivity contribution in [2.24, 2.45) is 0 Å². The number of anilines is 1. The van der Waals surface area contributed by atoms with E-state index in [0.29, 0.717) is 18.5 Å². The summed E-state index contributed by atoms with van der Waals surface area (Å²) in [6.45, 7) is 2.82. The maximum Gasteiger partial charge on any atom is 0.0663 e. The van der Waals surface area contributed by atoms with Gasteiger partial charge >= 0.3 is 0 Å². The predicted octanol–water partition coefficient (Wildman–Crippen LogP) is 2.29.